The van der Waals surface area contributed by atoms with Gasteiger partial charge in [-0.1, -0.05) is 13.8 Å². The van der Waals surface area contributed by atoms with Crippen LogP contribution in [0.2, 0.25) is 0 Å². The van der Waals surface area contributed by atoms with E-state index in [0.717, 1.165) is 0 Å². The molecule has 46 valence electrons. The number of hydrogen-bond acceptors (Lipinski definition) is 2. The van der Waals surface area contributed by atoms with Crippen LogP contribution in [0.1, 0.15) is 20.8 Å². The van der Waals surface area contributed by atoms with Gasteiger partial charge in [0.15, 0.2) is 5.60 Å². The molecule has 0 aromatic carbocycles. The average Bonchev–Trinajstić information content (AvgIpc) is 1.67. The second kappa shape index (κ2) is 2.15. The summed E-state index contributed by atoms with van der Waals surface area (Å²) in [4.78, 5) is 0. The molecule has 0 heterocycles. The molecule has 0 aliphatic carbocycles. The van der Waals surface area contributed by atoms with Gasteiger partial charge in [-0.2, -0.15) is 5.26 Å². The van der Waals surface area contributed by atoms with Crippen LogP contribution in [-0.2, 0) is 0 Å². The highest BCUT2D eigenvalue weighted by molar-refractivity contribution is 4.98. The molecule has 0 saturated carbocycles. The van der Waals surface area contributed by atoms with Gasteiger partial charge in [-0.3, -0.25) is 0 Å². The quantitative estimate of drug-likeness (QED) is 0.514. The Labute approximate surface area is 49.8 Å². The minimum atomic E-state index is -1.15. The summed E-state index contributed by atoms with van der Waals surface area (Å²) in [6.07, 6.45) is 0. The first kappa shape index (κ1) is 7.45. The van der Waals surface area contributed by atoms with Gasteiger partial charge in [0.1, 0.15) is 0 Å². The molecule has 0 aliphatic heterocycles. The normalized spacial score (nSPS) is 17.5. The lowest BCUT2D eigenvalue weighted by Crippen LogP contribution is -2.28. The number of rotatable bonds is 1. The van der Waals surface area contributed by atoms with E-state index in [1.54, 1.807) is 6.07 Å². The number of nitrogens with zero attached hydrogens (tertiary/aromatic N) is 1. The van der Waals surface area contributed by atoms with Crippen LogP contribution < -0.4 is 0 Å². The summed E-state index contributed by atoms with van der Waals surface area (Å²) in [5.74, 6) is 0.00694. The zero-order valence-corrected chi connectivity index (χ0v) is 5.47. The summed E-state index contributed by atoms with van der Waals surface area (Å²) in [6, 6.07) is 1.80. The van der Waals surface area contributed by atoms with Crippen LogP contribution in [-0.4, -0.2) is 10.7 Å². The van der Waals surface area contributed by atoms with Crippen LogP contribution in [0.4, 0.5) is 0 Å². The van der Waals surface area contributed by atoms with Crippen molar-refractivity contribution < 1.29 is 5.11 Å². The Morgan fingerprint density at radius 1 is 1.62 bits per heavy atom. The molecule has 0 aliphatic rings. The molecule has 1 atom stereocenters. The summed E-state index contributed by atoms with van der Waals surface area (Å²) in [6.45, 7) is 5.13. The summed E-state index contributed by atoms with van der Waals surface area (Å²) >= 11 is 0. The number of nitriles is 1. The van der Waals surface area contributed by atoms with Gasteiger partial charge < -0.3 is 5.11 Å². The highest BCUT2D eigenvalue weighted by Crippen LogP contribution is 2.13. The molecule has 2 nitrogen and oxygen atoms in total. The van der Waals surface area contributed by atoms with E-state index in [2.05, 4.69) is 0 Å². The molecule has 0 unspecified atom stereocenters. The van der Waals surface area contributed by atoms with Crippen LogP contribution in [0.3, 0.4) is 0 Å². The maximum Gasteiger partial charge on any atom is 0.150 e. The SMILES string of the molecule is CC(C)[C@](C)(O)C#N. The van der Waals surface area contributed by atoms with Gasteiger partial charge in [-0.05, 0) is 12.8 Å². The average molecular weight is 113 g/mol. The number of aliphatic hydroxyl groups is 1. The predicted molar refractivity (Wildman–Crippen MR) is 31.1 cm³/mol. The third-order valence-corrected chi connectivity index (χ3v) is 1.35. The van der Waals surface area contributed by atoms with Gasteiger partial charge in [0.05, 0.1) is 6.07 Å². The van der Waals surface area contributed by atoms with Crippen molar-refractivity contribution in [2.45, 2.75) is 26.4 Å². The van der Waals surface area contributed by atoms with Crippen LogP contribution in [0.5, 0.6) is 0 Å². The van der Waals surface area contributed by atoms with E-state index in [1.165, 1.54) is 6.92 Å². The Bertz CT molecular complexity index is 110. The van der Waals surface area contributed by atoms with E-state index < -0.39 is 5.60 Å². The maximum absolute atomic E-state index is 9.04. The molecule has 0 aromatic heterocycles. The van der Waals surface area contributed by atoms with Crippen molar-refractivity contribution in [2.75, 3.05) is 0 Å². The third kappa shape index (κ3) is 1.51. The molecule has 2 heteroatoms. The van der Waals surface area contributed by atoms with Crippen molar-refractivity contribution in [3.8, 4) is 6.07 Å². The van der Waals surface area contributed by atoms with Crippen LogP contribution >= 0.6 is 0 Å². The molecular formula is C6H11NO. The van der Waals surface area contributed by atoms with Gasteiger partial charge >= 0.3 is 0 Å². The molecule has 0 rings (SSSR count). The molecule has 0 saturated heterocycles. The largest absolute Gasteiger partial charge is 0.375 e. The minimum absolute atomic E-state index is 0.00694. The molecule has 0 bridgehead atoms. The lowest BCUT2D eigenvalue weighted by molar-refractivity contribution is 0.0704. The van der Waals surface area contributed by atoms with Gasteiger partial charge in [-0.25, -0.2) is 0 Å². The van der Waals surface area contributed by atoms with Gasteiger partial charge in [0.25, 0.3) is 0 Å². The molecule has 0 spiro atoms. The molecule has 0 radical (unpaired) electrons. The first-order valence-corrected chi connectivity index (χ1v) is 2.64. The molecule has 1 N–H and O–H groups in total. The first-order chi connectivity index (χ1) is 3.50. The van der Waals surface area contributed by atoms with Gasteiger partial charge in [-0.15, -0.1) is 0 Å². The Morgan fingerprint density at radius 2 is 2.00 bits per heavy atom. The van der Waals surface area contributed by atoms with Crippen LogP contribution in [0, 0.1) is 17.2 Å². The lowest BCUT2D eigenvalue weighted by atomic mass is 9.95. The van der Waals surface area contributed by atoms with Crippen LogP contribution in [0.25, 0.3) is 0 Å². The van der Waals surface area contributed by atoms with E-state index in [9.17, 15) is 0 Å². The summed E-state index contributed by atoms with van der Waals surface area (Å²) in [5, 5.41) is 17.3. The smallest absolute Gasteiger partial charge is 0.150 e. The van der Waals surface area contributed by atoms with Crippen molar-refractivity contribution in [3.05, 3.63) is 0 Å². The third-order valence-electron chi connectivity index (χ3n) is 1.35. The lowest BCUT2D eigenvalue weighted by Gasteiger charge is -2.17. The topological polar surface area (TPSA) is 44.0 Å². The Kier molecular flexibility index (Phi) is 2.00. The molecule has 8 heavy (non-hydrogen) atoms. The first-order valence-electron chi connectivity index (χ1n) is 2.64. The van der Waals surface area contributed by atoms with E-state index in [-0.39, 0.29) is 5.92 Å². The van der Waals surface area contributed by atoms with E-state index >= 15 is 0 Å². The van der Waals surface area contributed by atoms with Crippen molar-refractivity contribution in [1.29, 1.82) is 5.26 Å². The summed E-state index contributed by atoms with van der Waals surface area (Å²) < 4.78 is 0. The number of hydrogen-bond donors (Lipinski definition) is 1. The molecular weight excluding hydrogens is 102 g/mol. The zero-order valence-electron chi connectivity index (χ0n) is 5.47. The van der Waals surface area contributed by atoms with Crippen molar-refractivity contribution in [3.63, 3.8) is 0 Å². The highest BCUT2D eigenvalue weighted by atomic mass is 16.3. The standard InChI is InChI=1S/C6H11NO/c1-5(2)6(3,8)4-7/h5,8H,1-3H3/t6-/m1/s1. The van der Waals surface area contributed by atoms with E-state index in [4.69, 9.17) is 10.4 Å². The molecule has 0 amide bonds. The highest BCUT2D eigenvalue weighted by Gasteiger charge is 2.23. The maximum atomic E-state index is 9.04. The minimum Gasteiger partial charge on any atom is -0.375 e. The summed E-state index contributed by atoms with van der Waals surface area (Å²) in [5.41, 5.74) is -1.15. The van der Waals surface area contributed by atoms with Crippen molar-refractivity contribution in [1.82, 2.24) is 0 Å². The second-order valence-corrected chi connectivity index (χ2v) is 2.41. The zero-order chi connectivity index (χ0) is 6.78. The van der Waals surface area contributed by atoms with E-state index in [0.29, 0.717) is 0 Å². The van der Waals surface area contributed by atoms with Crippen molar-refractivity contribution >= 4 is 0 Å². The Morgan fingerprint density at radius 3 is 2.00 bits per heavy atom. The molecule has 0 fully saturated rings. The summed E-state index contributed by atoms with van der Waals surface area (Å²) in [7, 11) is 0. The van der Waals surface area contributed by atoms with E-state index in [1.807, 2.05) is 13.8 Å². The van der Waals surface area contributed by atoms with Gasteiger partial charge in [0, 0.05) is 0 Å². The second-order valence-electron chi connectivity index (χ2n) is 2.41. The fraction of sp³-hybridized carbons (Fsp3) is 0.833. The fourth-order valence-corrected chi connectivity index (χ4v) is 0.129. The Balaban J connectivity index is 3.97. The molecule has 0 aromatic rings. The monoisotopic (exact) mass is 113 g/mol. The fourth-order valence-electron chi connectivity index (χ4n) is 0.129. The Hall–Kier alpha value is -0.550. The van der Waals surface area contributed by atoms with Gasteiger partial charge in [0.2, 0.25) is 0 Å². The van der Waals surface area contributed by atoms with Crippen molar-refractivity contribution in [2.24, 2.45) is 5.92 Å². The predicted octanol–water partition coefficient (Wildman–Crippen LogP) is 0.917. The van der Waals surface area contributed by atoms with Crippen LogP contribution in [0.15, 0.2) is 0 Å².